The van der Waals surface area contributed by atoms with Crippen LogP contribution in [0.3, 0.4) is 0 Å². The highest BCUT2D eigenvalue weighted by Gasteiger charge is 2.10. The lowest BCUT2D eigenvalue weighted by atomic mass is 10.2. The fourth-order valence-corrected chi connectivity index (χ4v) is 2.72. The van der Waals surface area contributed by atoms with Crippen molar-refractivity contribution in [1.29, 1.82) is 0 Å². The summed E-state index contributed by atoms with van der Waals surface area (Å²) in [6, 6.07) is 13.9. The van der Waals surface area contributed by atoms with Crippen LogP contribution in [0.2, 0.25) is 0 Å². The summed E-state index contributed by atoms with van der Waals surface area (Å²) in [5, 5.41) is 5.20. The molecule has 2 aromatic heterocycles. The van der Waals surface area contributed by atoms with E-state index < -0.39 is 0 Å². The molecule has 0 radical (unpaired) electrons. The molecule has 0 fully saturated rings. The fourth-order valence-electron chi connectivity index (χ4n) is 2.72. The van der Waals surface area contributed by atoms with Crippen molar-refractivity contribution in [2.45, 2.75) is 13.8 Å². The summed E-state index contributed by atoms with van der Waals surface area (Å²) in [4.78, 5) is 20.2. The number of aromatic nitrogens is 3. The van der Waals surface area contributed by atoms with Gasteiger partial charge in [-0.05, 0) is 31.5 Å². The number of H-pyrrole nitrogens is 1. The van der Waals surface area contributed by atoms with E-state index in [0.29, 0.717) is 11.0 Å². The Bertz CT molecular complexity index is 1130. The van der Waals surface area contributed by atoms with E-state index in [2.05, 4.69) is 15.1 Å². The first-order chi connectivity index (χ1) is 11.6. The van der Waals surface area contributed by atoms with Gasteiger partial charge in [-0.1, -0.05) is 41.5 Å². The van der Waals surface area contributed by atoms with Gasteiger partial charge in [0.1, 0.15) is 17.4 Å². The summed E-state index contributed by atoms with van der Waals surface area (Å²) in [5.74, 6) is 0. The van der Waals surface area contributed by atoms with Crippen LogP contribution < -0.4 is 5.56 Å². The minimum absolute atomic E-state index is 0.211. The minimum Gasteiger partial charge on any atom is -0.349 e. The Morgan fingerprint density at radius 2 is 1.83 bits per heavy atom. The number of nitrogens with zero attached hydrogens (tertiary/aromatic N) is 3. The first-order valence-electron chi connectivity index (χ1n) is 7.72. The number of nitrogens with one attached hydrogen (secondary N) is 1. The van der Waals surface area contributed by atoms with Gasteiger partial charge in [0.2, 0.25) is 0 Å². The van der Waals surface area contributed by atoms with Crippen LogP contribution in [0.15, 0.2) is 58.7 Å². The third kappa shape index (κ3) is 2.40. The van der Waals surface area contributed by atoms with Crippen molar-refractivity contribution in [2.75, 3.05) is 0 Å². The third-order valence-corrected chi connectivity index (χ3v) is 4.05. The molecule has 4 aromatic rings. The molecular weight excluding hydrogens is 300 g/mol. The molecule has 0 saturated carbocycles. The van der Waals surface area contributed by atoms with Crippen LogP contribution >= 0.6 is 0 Å². The van der Waals surface area contributed by atoms with Crippen LogP contribution in [0.4, 0.5) is 0 Å². The molecule has 5 nitrogen and oxygen atoms in total. The normalized spacial score (nSPS) is 11.8. The molecule has 0 bridgehead atoms. The molecule has 0 spiro atoms. The molecule has 2 heterocycles. The highest BCUT2D eigenvalue weighted by Crippen LogP contribution is 2.22. The standard InChI is InChI=1S/C19H16N4O/c1-12-3-6-14(7-4-12)10-21-23-11-20-17-15-9-13(2)5-8-16(15)22-18(17)19(23)24/h3-11,22H,1-2H3/b21-10+. The highest BCUT2D eigenvalue weighted by molar-refractivity contribution is 6.04. The van der Waals surface area contributed by atoms with Gasteiger partial charge >= 0.3 is 0 Å². The lowest BCUT2D eigenvalue weighted by Gasteiger charge is -1.98. The SMILES string of the molecule is Cc1ccc(/C=N/n2cnc3c([nH]c4ccc(C)cc43)c2=O)cc1. The molecule has 1 N–H and O–H groups in total. The zero-order valence-corrected chi connectivity index (χ0v) is 13.4. The molecule has 5 heteroatoms. The van der Waals surface area contributed by atoms with Crippen LogP contribution in [0.1, 0.15) is 16.7 Å². The number of fused-ring (bicyclic) bond motifs is 3. The Hall–Kier alpha value is -3.21. The Labute approximate surface area is 138 Å². The number of benzene rings is 2. The van der Waals surface area contributed by atoms with Gasteiger partial charge < -0.3 is 4.98 Å². The maximum absolute atomic E-state index is 12.6. The second-order valence-corrected chi connectivity index (χ2v) is 5.95. The predicted octanol–water partition coefficient (Wildman–Crippen LogP) is 3.38. The van der Waals surface area contributed by atoms with Crippen molar-refractivity contribution in [1.82, 2.24) is 14.6 Å². The predicted molar refractivity (Wildman–Crippen MR) is 96.8 cm³/mol. The smallest absolute Gasteiger partial charge is 0.298 e. The lowest BCUT2D eigenvalue weighted by Crippen LogP contribution is -2.17. The molecule has 0 aliphatic rings. The van der Waals surface area contributed by atoms with Crippen LogP contribution in [0.25, 0.3) is 21.9 Å². The van der Waals surface area contributed by atoms with Gasteiger partial charge in [-0.3, -0.25) is 4.79 Å². The average molecular weight is 316 g/mol. The van der Waals surface area contributed by atoms with E-state index in [0.717, 1.165) is 22.0 Å². The van der Waals surface area contributed by atoms with Gasteiger partial charge in [0.15, 0.2) is 0 Å². The van der Waals surface area contributed by atoms with Gasteiger partial charge in [0.05, 0.1) is 6.21 Å². The quantitative estimate of drug-likeness (QED) is 0.576. The van der Waals surface area contributed by atoms with Crippen molar-refractivity contribution in [3.05, 3.63) is 75.8 Å². The monoisotopic (exact) mass is 316 g/mol. The first-order valence-corrected chi connectivity index (χ1v) is 7.72. The fraction of sp³-hybridized carbons (Fsp3) is 0.105. The van der Waals surface area contributed by atoms with Gasteiger partial charge in [0.25, 0.3) is 5.56 Å². The Morgan fingerprint density at radius 1 is 1.08 bits per heavy atom. The molecule has 4 rings (SSSR count). The van der Waals surface area contributed by atoms with E-state index in [1.54, 1.807) is 6.21 Å². The minimum atomic E-state index is -0.211. The number of aromatic amines is 1. The number of hydrogen-bond acceptors (Lipinski definition) is 3. The highest BCUT2D eigenvalue weighted by atomic mass is 16.1. The maximum Gasteiger partial charge on any atom is 0.298 e. The summed E-state index contributed by atoms with van der Waals surface area (Å²) >= 11 is 0. The van der Waals surface area contributed by atoms with Crippen molar-refractivity contribution in [2.24, 2.45) is 5.10 Å². The molecule has 0 unspecified atom stereocenters. The largest absolute Gasteiger partial charge is 0.349 e. The number of aryl methyl sites for hydroxylation is 2. The number of hydrogen-bond donors (Lipinski definition) is 1. The molecule has 0 aliphatic carbocycles. The van der Waals surface area contributed by atoms with Crippen molar-refractivity contribution < 1.29 is 0 Å². The van der Waals surface area contributed by atoms with Crippen molar-refractivity contribution in [3.8, 4) is 0 Å². The maximum atomic E-state index is 12.6. The summed E-state index contributed by atoms with van der Waals surface area (Å²) in [6.45, 7) is 4.05. The number of rotatable bonds is 2. The van der Waals surface area contributed by atoms with Crippen LogP contribution in [0.5, 0.6) is 0 Å². The third-order valence-electron chi connectivity index (χ3n) is 4.05. The van der Waals surface area contributed by atoms with Crippen LogP contribution in [-0.2, 0) is 0 Å². The zero-order chi connectivity index (χ0) is 16.7. The van der Waals surface area contributed by atoms with Gasteiger partial charge in [-0.15, -0.1) is 0 Å². The van der Waals surface area contributed by atoms with E-state index in [9.17, 15) is 4.79 Å². The molecule has 0 aliphatic heterocycles. The van der Waals surface area contributed by atoms with Gasteiger partial charge in [-0.2, -0.15) is 9.78 Å². The molecule has 118 valence electrons. The van der Waals surface area contributed by atoms with Crippen LogP contribution in [-0.4, -0.2) is 20.9 Å². The van der Waals surface area contributed by atoms with Crippen LogP contribution in [0, 0.1) is 13.8 Å². The van der Waals surface area contributed by atoms with E-state index in [1.807, 2.05) is 56.3 Å². The summed E-state index contributed by atoms with van der Waals surface area (Å²) < 4.78 is 1.25. The molecule has 0 saturated heterocycles. The average Bonchev–Trinajstić information content (AvgIpc) is 2.95. The molecule has 24 heavy (non-hydrogen) atoms. The topological polar surface area (TPSA) is 63.0 Å². The van der Waals surface area contributed by atoms with Gasteiger partial charge in [-0.25, -0.2) is 4.98 Å². The zero-order valence-electron chi connectivity index (χ0n) is 13.4. The second-order valence-electron chi connectivity index (χ2n) is 5.95. The molecular formula is C19H16N4O. The van der Waals surface area contributed by atoms with E-state index >= 15 is 0 Å². The van der Waals surface area contributed by atoms with E-state index in [4.69, 9.17) is 0 Å². The summed E-state index contributed by atoms with van der Waals surface area (Å²) in [7, 11) is 0. The van der Waals surface area contributed by atoms with E-state index in [1.165, 1.54) is 16.6 Å². The van der Waals surface area contributed by atoms with Crippen molar-refractivity contribution >= 4 is 28.2 Å². The lowest BCUT2D eigenvalue weighted by molar-refractivity contribution is 0.815. The first kappa shape index (κ1) is 14.4. The second kappa shape index (κ2) is 5.45. The molecule has 0 atom stereocenters. The molecule has 2 aromatic carbocycles. The van der Waals surface area contributed by atoms with Crippen molar-refractivity contribution in [3.63, 3.8) is 0 Å². The Morgan fingerprint density at radius 3 is 2.62 bits per heavy atom. The Kier molecular flexibility index (Phi) is 3.27. The summed E-state index contributed by atoms with van der Waals surface area (Å²) in [5.41, 5.74) is 5.09. The summed E-state index contributed by atoms with van der Waals surface area (Å²) in [6.07, 6.45) is 3.12. The van der Waals surface area contributed by atoms with E-state index in [-0.39, 0.29) is 5.56 Å². The molecule has 0 amide bonds. The Balaban J connectivity index is 1.82. The van der Waals surface area contributed by atoms with Gasteiger partial charge in [0, 0.05) is 10.9 Å².